The first kappa shape index (κ1) is 13.9. The molecule has 0 aromatic carbocycles. The van der Waals surface area contributed by atoms with Crippen LogP contribution in [-0.2, 0) is 6.54 Å². The maximum atomic E-state index is 4.62. The smallest absolute Gasteiger partial charge is 0.157 e. The van der Waals surface area contributed by atoms with Crippen LogP contribution in [0.15, 0.2) is 10.5 Å². The minimum atomic E-state index is 0.671. The minimum Gasteiger partial charge on any atom is -0.360 e. The standard InChI is InChI=1S/C13H21N3S2/c1-4-10(5-2)12-7-15-13(18-12)14-6-11-9(3)16-8-17-11/h8,10,12H,4-7H2,1-3H3,(H,14,15). The Labute approximate surface area is 118 Å². The van der Waals surface area contributed by atoms with Crippen LogP contribution in [0.3, 0.4) is 0 Å². The lowest BCUT2D eigenvalue weighted by Crippen LogP contribution is -2.21. The van der Waals surface area contributed by atoms with E-state index in [1.54, 1.807) is 11.3 Å². The molecule has 2 heterocycles. The fraction of sp³-hybridized carbons (Fsp3) is 0.692. The summed E-state index contributed by atoms with van der Waals surface area (Å²) in [5, 5.41) is 5.22. The van der Waals surface area contributed by atoms with Crippen LogP contribution in [0.25, 0.3) is 0 Å². The summed E-state index contributed by atoms with van der Waals surface area (Å²) in [6, 6.07) is 0. The molecule has 18 heavy (non-hydrogen) atoms. The first-order valence-electron chi connectivity index (χ1n) is 6.58. The molecular weight excluding hydrogens is 262 g/mol. The molecule has 0 amide bonds. The van der Waals surface area contributed by atoms with Crippen molar-refractivity contribution in [3.8, 4) is 0 Å². The van der Waals surface area contributed by atoms with Crippen molar-refractivity contribution in [3.05, 3.63) is 16.1 Å². The Kier molecular flexibility index (Phi) is 5.06. The SMILES string of the molecule is CCC(CC)C1CN=C(NCc2scnc2C)S1. The molecule has 1 N–H and O–H groups in total. The van der Waals surface area contributed by atoms with E-state index in [9.17, 15) is 0 Å². The van der Waals surface area contributed by atoms with E-state index in [0.29, 0.717) is 5.25 Å². The second kappa shape index (κ2) is 6.57. The van der Waals surface area contributed by atoms with Crippen molar-refractivity contribution >= 4 is 28.3 Å². The van der Waals surface area contributed by atoms with Gasteiger partial charge in [-0.1, -0.05) is 38.5 Å². The summed E-state index contributed by atoms with van der Waals surface area (Å²) >= 11 is 3.63. The van der Waals surface area contributed by atoms with Crippen molar-refractivity contribution < 1.29 is 0 Å². The quantitative estimate of drug-likeness (QED) is 0.899. The number of aryl methyl sites for hydroxylation is 1. The number of amidine groups is 1. The van der Waals surface area contributed by atoms with Gasteiger partial charge in [0.05, 0.1) is 24.3 Å². The van der Waals surface area contributed by atoms with Crippen LogP contribution in [0.5, 0.6) is 0 Å². The lowest BCUT2D eigenvalue weighted by Gasteiger charge is -2.18. The summed E-state index contributed by atoms with van der Waals surface area (Å²) < 4.78 is 0. The average molecular weight is 283 g/mol. The molecule has 3 nitrogen and oxygen atoms in total. The fourth-order valence-corrected chi connectivity index (χ4v) is 4.23. The number of thioether (sulfide) groups is 1. The highest BCUT2D eigenvalue weighted by Gasteiger charge is 2.25. The van der Waals surface area contributed by atoms with E-state index in [1.165, 1.54) is 17.7 Å². The van der Waals surface area contributed by atoms with Gasteiger partial charge in [-0.2, -0.15) is 0 Å². The normalized spacial score (nSPS) is 19.3. The fourth-order valence-electron chi connectivity index (χ4n) is 2.20. The van der Waals surface area contributed by atoms with Gasteiger partial charge in [0, 0.05) is 10.1 Å². The maximum Gasteiger partial charge on any atom is 0.157 e. The highest BCUT2D eigenvalue weighted by Crippen LogP contribution is 2.30. The molecule has 0 saturated carbocycles. The van der Waals surface area contributed by atoms with E-state index in [0.717, 1.165) is 29.9 Å². The van der Waals surface area contributed by atoms with Crippen LogP contribution < -0.4 is 5.32 Å². The molecular formula is C13H21N3S2. The first-order valence-corrected chi connectivity index (χ1v) is 8.34. The number of thiazole rings is 1. The van der Waals surface area contributed by atoms with Gasteiger partial charge in [0.1, 0.15) is 0 Å². The zero-order valence-corrected chi connectivity index (χ0v) is 12.9. The van der Waals surface area contributed by atoms with E-state index < -0.39 is 0 Å². The topological polar surface area (TPSA) is 37.3 Å². The number of aliphatic imine (C=N–C) groups is 1. The van der Waals surface area contributed by atoms with Gasteiger partial charge in [-0.05, 0) is 12.8 Å². The van der Waals surface area contributed by atoms with E-state index in [1.807, 2.05) is 17.3 Å². The van der Waals surface area contributed by atoms with E-state index in [4.69, 9.17) is 0 Å². The van der Waals surface area contributed by atoms with Gasteiger partial charge in [0.15, 0.2) is 5.17 Å². The van der Waals surface area contributed by atoms with Crippen LogP contribution >= 0.6 is 23.1 Å². The van der Waals surface area contributed by atoms with Crippen LogP contribution in [0.4, 0.5) is 0 Å². The summed E-state index contributed by atoms with van der Waals surface area (Å²) in [4.78, 5) is 10.2. The molecule has 0 aliphatic carbocycles. The summed E-state index contributed by atoms with van der Waals surface area (Å²) in [7, 11) is 0. The molecule has 0 spiro atoms. The molecule has 0 bridgehead atoms. The van der Waals surface area contributed by atoms with Crippen molar-refractivity contribution in [2.24, 2.45) is 10.9 Å². The predicted octanol–water partition coefficient (Wildman–Crippen LogP) is 3.45. The average Bonchev–Trinajstić information content (AvgIpc) is 2.98. The highest BCUT2D eigenvalue weighted by molar-refractivity contribution is 8.14. The largest absolute Gasteiger partial charge is 0.360 e. The van der Waals surface area contributed by atoms with E-state index in [2.05, 4.69) is 36.1 Å². The van der Waals surface area contributed by atoms with Crippen LogP contribution in [0.1, 0.15) is 37.3 Å². The number of aromatic nitrogens is 1. The zero-order chi connectivity index (χ0) is 13.0. The number of hydrogen-bond acceptors (Lipinski definition) is 5. The van der Waals surface area contributed by atoms with Crippen molar-refractivity contribution in [1.82, 2.24) is 10.3 Å². The lowest BCUT2D eigenvalue weighted by molar-refractivity contribution is 0.479. The highest BCUT2D eigenvalue weighted by atomic mass is 32.2. The molecule has 0 radical (unpaired) electrons. The Morgan fingerprint density at radius 2 is 2.22 bits per heavy atom. The predicted molar refractivity (Wildman–Crippen MR) is 81.4 cm³/mol. The number of rotatable bonds is 5. The zero-order valence-electron chi connectivity index (χ0n) is 11.3. The molecule has 2 rings (SSSR count). The third-order valence-electron chi connectivity index (χ3n) is 3.50. The van der Waals surface area contributed by atoms with Crippen molar-refractivity contribution in [3.63, 3.8) is 0 Å². The molecule has 1 aromatic heterocycles. The van der Waals surface area contributed by atoms with Crippen LogP contribution in [0.2, 0.25) is 0 Å². The van der Waals surface area contributed by atoms with Crippen molar-refractivity contribution in [1.29, 1.82) is 0 Å². The lowest BCUT2D eigenvalue weighted by atomic mass is 9.99. The Morgan fingerprint density at radius 3 is 2.83 bits per heavy atom. The molecule has 0 saturated heterocycles. The van der Waals surface area contributed by atoms with Gasteiger partial charge in [-0.3, -0.25) is 4.99 Å². The number of nitrogens with one attached hydrogen (secondary N) is 1. The van der Waals surface area contributed by atoms with E-state index >= 15 is 0 Å². The van der Waals surface area contributed by atoms with Gasteiger partial charge >= 0.3 is 0 Å². The molecule has 1 aliphatic rings. The molecule has 1 atom stereocenters. The van der Waals surface area contributed by atoms with Gasteiger partial charge < -0.3 is 5.32 Å². The van der Waals surface area contributed by atoms with E-state index in [-0.39, 0.29) is 0 Å². The summed E-state index contributed by atoms with van der Waals surface area (Å²) in [6.45, 7) is 8.45. The van der Waals surface area contributed by atoms with Crippen LogP contribution in [-0.4, -0.2) is 21.9 Å². The molecule has 1 aliphatic heterocycles. The summed E-state index contributed by atoms with van der Waals surface area (Å²) in [6.07, 6.45) is 2.51. The van der Waals surface area contributed by atoms with Crippen molar-refractivity contribution in [2.75, 3.05) is 6.54 Å². The third-order valence-corrected chi connectivity index (χ3v) is 5.77. The Bertz CT molecular complexity index is 410. The monoisotopic (exact) mass is 283 g/mol. The minimum absolute atomic E-state index is 0.671. The van der Waals surface area contributed by atoms with Gasteiger partial charge in [-0.25, -0.2) is 4.98 Å². The summed E-state index contributed by atoms with van der Waals surface area (Å²) in [5.74, 6) is 0.795. The second-order valence-corrected chi connectivity index (χ2v) is 6.76. The summed E-state index contributed by atoms with van der Waals surface area (Å²) in [5.41, 5.74) is 3.04. The molecule has 0 fully saturated rings. The Hall–Kier alpha value is -0.550. The van der Waals surface area contributed by atoms with Crippen LogP contribution in [0, 0.1) is 12.8 Å². The maximum absolute atomic E-state index is 4.62. The molecule has 100 valence electrons. The van der Waals surface area contributed by atoms with Gasteiger partial charge in [0.25, 0.3) is 0 Å². The molecule has 1 unspecified atom stereocenters. The van der Waals surface area contributed by atoms with Gasteiger partial charge in [0.2, 0.25) is 0 Å². The first-order chi connectivity index (χ1) is 8.74. The third kappa shape index (κ3) is 3.26. The van der Waals surface area contributed by atoms with Gasteiger partial charge in [-0.15, -0.1) is 11.3 Å². The second-order valence-electron chi connectivity index (χ2n) is 4.59. The Morgan fingerprint density at radius 1 is 1.44 bits per heavy atom. The number of hydrogen-bond donors (Lipinski definition) is 1. The number of nitrogens with zero attached hydrogens (tertiary/aromatic N) is 2. The molecule has 1 aromatic rings. The van der Waals surface area contributed by atoms with Crippen molar-refractivity contribution in [2.45, 2.75) is 45.4 Å². The molecule has 5 heteroatoms. The Balaban J connectivity index is 1.81.